The molecule has 30 heavy (non-hydrogen) atoms. The Morgan fingerprint density at radius 3 is 2.40 bits per heavy atom. The highest BCUT2D eigenvalue weighted by atomic mass is 16.4. The molecular formula is C23H31N3O4. The Kier molecular flexibility index (Phi) is 6.25. The summed E-state index contributed by atoms with van der Waals surface area (Å²) in [5, 5.41) is 0. The van der Waals surface area contributed by atoms with Crippen molar-refractivity contribution >= 4 is 22.9 Å². The Bertz CT molecular complexity index is 947. The molecule has 2 aromatic rings. The molecule has 0 atom stereocenters. The topological polar surface area (TPSA) is 75.8 Å². The molecule has 2 aliphatic rings. The van der Waals surface area contributed by atoms with Crippen molar-refractivity contribution in [2.45, 2.75) is 52.0 Å². The van der Waals surface area contributed by atoms with Crippen molar-refractivity contribution in [1.29, 1.82) is 0 Å². The summed E-state index contributed by atoms with van der Waals surface area (Å²) < 4.78 is 6.83. The number of carbonyl (C=O) groups is 2. The van der Waals surface area contributed by atoms with Gasteiger partial charge in [-0.1, -0.05) is 19.1 Å². The maximum Gasteiger partial charge on any atom is 0.419 e. The number of amides is 2. The van der Waals surface area contributed by atoms with Crippen molar-refractivity contribution in [2.24, 2.45) is 11.8 Å². The van der Waals surface area contributed by atoms with Gasteiger partial charge in [-0.2, -0.15) is 0 Å². The molecule has 2 aliphatic heterocycles. The van der Waals surface area contributed by atoms with E-state index < -0.39 is 0 Å². The second-order valence-corrected chi connectivity index (χ2v) is 8.75. The predicted molar refractivity (Wildman–Crippen MR) is 114 cm³/mol. The maximum absolute atomic E-state index is 12.8. The molecule has 0 unspecified atom stereocenters. The summed E-state index contributed by atoms with van der Waals surface area (Å²) in [6, 6.07) is 7.33. The SMILES string of the molecule is CC1CCN(C(=O)C2CCN(C(=O)CCCn3c(=O)oc4ccccc43)CC2)CC1. The number of carbonyl (C=O) groups excluding carboxylic acids is 2. The van der Waals surface area contributed by atoms with E-state index >= 15 is 0 Å². The van der Waals surface area contributed by atoms with Crippen LogP contribution in [0.5, 0.6) is 0 Å². The number of para-hydroxylation sites is 2. The number of fused-ring (bicyclic) bond motifs is 1. The molecule has 0 aliphatic carbocycles. The van der Waals surface area contributed by atoms with Crippen molar-refractivity contribution in [2.75, 3.05) is 26.2 Å². The second-order valence-electron chi connectivity index (χ2n) is 8.75. The number of hydrogen-bond donors (Lipinski definition) is 0. The quantitative estimate of drug-likeness (QED) is 0.755. The first-order valence-corrected chi connectivity index (χ1v) is 11.2. The molecular weight excluding hydrogens is 382 g/mol. The van der Waals surface area contributed by atoms with Gasteiger partial charge in [0.15, 0.2) is 5.58 Å². The summed E-state index contributed by atoms with van der Waals surface area (Å²) >= 11 is 0. The molecule has 7 nitrogen and oxygen atoms in total. The van der Waals surface area contributed by atoms with Crippen LogP contribution in [-0.2, 0) is 16.1 Å². The van der Waals surface area contributed by atoms with Gasteiger partial charge in [-0.05, 0) is 50.2 Å². The second kappa shape index (κ2) is 9.06. The average Bonchev–Trinajstić information content (AvgIpc) is 3.09. The zero-order chi connectivity index (χ0) is 21.1. The first-order valence-electron chi connectivity index (χ1n) is 11.2. The molecule has 2 fully saturated rings. The molecule has 0 radical (unpaired) electrons. The standard InChI is InChI=1S/C23H31N3O4/c1-17-8-13-25(14-9-17)22(28)18-10-15-24(16-11-18)21(27)7-4-12-26-19-5-2-3-6-20(19)30-23(26)29/h2-3,5-6,17-18H,4,7-16H2,1H3. The third-order valence-corrected chi connectivity index (χ3v) is 6.64. The van der Waals surface area contributed by atoms with Crippen LogP contribution in [0.15, 0.2) is 33.5 Å². The minimum absolute atomic E-state index is 0.0540. The van der Waals surface area contributed by atoms with Gasteiger partial charge < -0.3 is 14.2 Å². The lowest BCUT2D eigenvalue weighted by atomic mass is 9.92. The Morgan fingerprint density at radius 2 is 1.67 bits per heavy atom. The largest absolute Gasteiger partial charge is 0.419 e. The molecule has 4 rings (SSSR count). The van der Waals surface area contributed by atoms with Gasteiger partial charge in [-0.25, -0.2) is 4.79 Å². The lowest BCUT2D eigenvalue weighted by Crippen LogP contribution is -2.46. The van der Waals surface area contributed by atoms with Crippen LogP contribution >= 0.6 is 0 Å². The first kappa shape index (κ1) is 20.7. The van der Waals surface area contributed by atoms with Crippen LogP contribution in [0.2, 0.25) is 0 Å². The zero-order valence-electron chi connectivity index (χ0n) is 17.7. The molecule has 7 heteroatoms. The van der Waals surface area contributed by atoms with Crippen LogP contribution in [0.4, 0.5) is 0 Å². The van der Waals surface area contributed by atoms with Crippen molar-refractivity contribution < 1.29 is 14.0 Å². The normalized spacial score (nSPS) is 18.8. The zero-order valence-corrected chi connectivity index (χ0v) is 17.7. The van der Waals surface area contributed by atoms with E-state index in [1.807, 2.05) is 28.0 Å². The summed E-state index contributed by atoms with van der Waals surface area (Å²) in [6.07, 6.45) is 4.68. The lowest BCUT2D eigenvalue weighted by Gasteiger charge is -2.36. The van der Waals surface area contributed by atoms with E-state index in [1.54, 1.807) is 10.6 Å². The number of benzene rings is 1. The van der Waals surface area contributed by atoms with Crippen LogP contribution in [-0.4, -0.2) is 52.4 Å². The minimum Gasteiger partial charge on any atom is -0.408 e. The number of likely N-dealkylation sites (tertiary alicyclic amines) is 2. The summed E-state index contributed by atoms with van der Waals surface area (Å²) in [7, 11) is 0. The first-order chi connectivity index (χ1) is 14.5. The van der Waals surface area contributed by atoms with Crippen molar-refractivity contribution in [3.8, 4) is 0 Å². The highest BCUT2D eigenvalue weighted by molar-refractivity contribution is 5.80. The molecule has 0 spiro atoms. The van der Waals surface area contributed by atoms with Gasteiger partial charge in [0.25, 0.3) is 0 Å². The molecule has 1 aromatic carbocycles. The van der Waals surface area contributed by atoms with Gasteiger partial charge >= 0.3 is 5.76 Å². The Hall–Kier alpha value is -2.57. The molecule has 0 saturated carbocycles. The smallest absolute Gasteiger partial charge is 0.408 e. The van der Waals surface area contributed by atoms with Gasteiger partial charge in [-0.3, -0.25) is 14.2 Å². The summed E-state index contributed by atoms with van der Waals surface area (Å²) in [5.74, 6) is 0.770. The van der Waals surface area contributed by atoms with Crippen LogP contribution in [0.25, 0.3) is 11.1 Å². The van der Waals surface area contributed by atoms with E-state index in [9.17, 15) is 14.4 Å². The fourth-order valence-corrected chi connectivity index (χ4v) is 4.64. The number of aromatic nitrogens is 1. The number of piperidine rings is 2. The van der Waals surface area contributed by atoms with Gasteiger partial charge in [-0.15, -0.1) is 0 Å². The van der Waals surface area contributed by atoms with Gasteiger partial charge in [0.2, 0.25) is 11.8 Å². The fourth-order valence-electron chi connectivity index (χ4n) is 4.64. The molecule has 0 bridgehead atoms. The van der Waals surface area contributed by atoms with Crippen molar-refractivity contribution in [3.63, 3.8) is 0 Å². The van der Waals surface area contributed by atoms with Gasteiger partial charge in [0.1, 0.15) is 0 Å². The minimum atomic E-state index is -0.380. The van der Waals surface area contributed by atoms with Crippen LogP contribution in [0, 0.1) is 11.8 Å². The number of oxazole rings is 1. The monoisotopic (exact) mass is 413 g/mol. The number of rotatable bonds is 5. The van der Waals surface area contributed by atoms with Crippen molar-refractivity contribution in [3.05, 3.63) is 34.8 Å². The van der Waals surface area contributed by atoms with Crippen LogP contribution in [0.3, 0.4) is 0 Å². The average molecular weight is 414 g/mol. The molecule has 1 aromatic heterocycles. The predicted octanol–water partition coefficient (Wildman–Crippen LogP) is 2.87. The molecule has 162 valence electrons. The van der Waals surface area contributed by atoms with E-state index in [4.69, 9.17) is 4.42 Å². The third-order valence-electron chi connectivity index (χ3n) is 6.64. The Balaban J connectivity index is 1.23. The van der Waals surface area contributed by atoms with Crippen LogP contribution in [0.1, 0.15) is 45.4 Å². The third kappa shape index (κ3) is 4.45. The molecule has 2 amide bonds. The molecule has 2 saturated heterocycles. The highest BCUT2D eigenvalue weighted by Crippen LogP contribution is 2.24. The Labute approximate surface area is 176 Å². The van der Waals surface area contributed by atoms with E-state index in [2.05, 4.69) is 6.92 Å². The lowest BCUT2D eigenvalue weighted by molar-refractivity contribution is -0.141. The number of aryl methyl sites for hydroxylation is 1. The van der Waals surface area contributed by atoms with Gasteiger partial charge in [0, 0.05) is 45.1 Å². The fraction of sp³-hybridized carbons (Fsp3) is 0.609. The molecule has 3 heterocycles. The molecule has 0 N–H and O–H groups in total. The summed E-state index contributed by atoms with van der Waals surface area (Å²) in [6.45, 7) is 5.76. The van der Waals surface area contributed by atoms with Crippen molar-refractivity contribution in [1.82, 2.24) is 14.4 Å². The maximum atomic E-state index is 12.8. The summed E-state index contributed by atoms with van der Waals surface area (Å²) in [5.41, 5.74) is 1.34. The number of hydrogen-bond acceptors (Lipinski definition) is 4. The van der Waals surface area contributed by atoms with E-state index in [1.165, 1.54) is 0 Å². The Morgan fingerprint density at radius 1 is 1.00 bits per heavy atom. The summed E-state index contributed by atoms with van der Waals surface area (Å²) in [4.78, 5) is 41.3. The van der Waals surface area contributed by atoms with E-state index in [0.717, 1.165) is 44.3 Å². The van der Waals surface area contributed by atoms with E-state index in [-0.39, 0.29) is 23.5 Å². The number of nitrogens with zero attached hydrogens (tertiary/aromatic N) is 3. The van der Waals surface area contributed by atoms with Crippen LogP contribution < -0.4 is 5.76 Å². The van der Waals surface area contributed by atoms with E-state index in [0.29, 0.717) is 44.0 Å². The van der Waals surface area contributed by atoms with Gasteiger partial charge in [0.05, 0.1) is 5.52 Å². The highest BCUT2D eigenvalue weighted by Gasteiger charge is 2.31.